The molecule has 0 unspecified atom stereocenters. The Labute approximate surface area is 183 Å². The Balaban J connectivity index is 1.42. The standard InChI is InChI=1S/C26H27N3O2/c1-19-9-12-22(13-10-19)23-17-28-26(29(23)2)27-16-21-11-14-24(25(15-21)30-3)31-18-20-7-5-4-6-8-20/h4-15,17H,16,18H2,1-3H3,(H,27,28). The molecule has 0 bridgehead atoms. The second kappa shape index (κ2) is 9.39. The number of rotatable bonds is 8. The highest BCUT2D eigenvalue weighted by Crippen LogP contribution is 2.29. The molecule has 0 atom stereocenters. The van der Waals surface area contributed by atoms with E-state index in [1.807, 2.05) is 61.8 Å². The molecule has 0 aliphatic heterocycles. The van der Waals surface area contributed by atoms with E-state index in [1.165, 1.54) is 5.56 Å². The molecule has 1 heterocycles. The van der Waals surface area contributed by atoms with Crippen molar-refractivity contribution in [3.8, 4) is 22.8 Å². The highest BCUT2D eigenvalue weighted by molar-refractivity contribution is 5.62. The average molecular weight is 414 g/mol. The second-order valence-corrected chi connectivity index (χ2v) is 7.51. The van der Waals surface area contributed by atoms with Gasteiger partial charge in [-0.2, -0.15) is 0 Å². The molecule has 158 valence electrons. The van der Waals surface area contributed by atoms with Crippen molar-refractivity contribution in [3.05, 3.63) is 95.7 Å². The number of imidazole rings is 1. The number of aryl methyl sites for hydroxylation is 1. The number of ether oxygens (including phenoxy) is 2. The van der Waals surface area contributed by atoms with Gasteiger partial charge in [0.15, 0.2) is 11.5 Å². The molecule has 3 aromatic carbocycles. The molecule has 1 N–H and O–H groups in total. The van der Waals surface area contributed by atoms with E-state index in [2.05, 4.69) is 46.1 Å². The second-order valence-electron chi connectivity index (χ2n) is 7.51. The fourth-order valence-corrected chi connectivity index (χ4v) is 3.42. The van der Waals surface area contributed by atoms with Crippen molar-refractivity contribution in [2.24, 2.45) is 7.05 Å². The Kier molecular flexibility index (Phi) is 6.22. The van der Waals surface area contributed by atoms with Crippen LogP contribution >= 0.6 is 0 Å². The van der Waals surface area contributed by atoms with Gasteiger partial charge in [0.05, 0.1) is 19.0 Å². The van der Waals surface area contributed by atoms with Crippen LogP contribution in [0, 0.1) is 6.92 Å². The van der Waals surface area contributed by atoms with E-state index in [0.29, 0.717) is 13.2 Å². The first-order valence-corrected chi connectivity index (χ1v) is 10.3. The first-order chi connectivity index (χ1) is 15.1. The first-order valence-electron chi connectivity index (χ1n) is 10.3. The number of anilines is 1. The molecule has 4 aromatic rings. The third kappa shape index (κ3) is 4.89. The summed E-state index contributed by atoms with van der Waals surface area (Å²) >= 11 is 0. The lowest BCUT2D eigenvalue weighted by Crippen LogP contribution is -2.06. The van der Waals surface area contributed by atoms with E-state index in [9.17, 15) is 0 Å². The molecule has 0 saturated carbocycles. The lowest BCUT2D eigenvalue weighted by Gasteiger charge is -2.13. The molecule has 0 radical (unpaired) electrons. The van der Waals surface area contributed by atoms with Crippen LogP contribution in [0.4, 0.5) is 5.95 Å². The van der Waals surface area contributed by atoms with Crippen LogP contribution in [0.2, 0.25) is 0 Å². The van der Waals surface area contributed by atoms with Gasteiger partial charge in [0.2, 0.25) is 5.95 Å². The minimum absolute atomic E-state index is 0.504. The number of methoxy groups -OCH3 is 1. The van der Waals surface area contributed by atoms with Crippen molar-refractivity contribution in [1.29, 1.82) is 0 Å². The Hall–Kier alpha value is -3.73. The topological polar surface area (TPSA) is 48.3 Å². The fourth-order valence-electron chi connectivity index (χ4n) is 3.42. The van der Waals surface area contributed by atoms with Crippen molar-refractivity contribution in [3.63, 3.8) is 0 Å². The Morgan fingerprint density at radius 3 is 2.42 bits per heavy atom. The highest BCUT2D eigenvalue weighted by atomic mass is 16.5. The number of nitrogens with zero attached hydrogens (tertiary/aromatic N) is 2. The predicted octanol–water partition coefficient (Wildman–Crippen LogP) is 5.60. The molecule has 0 saturated heterocycles. The minimum Gasteiger partial charge on any atom is -0.493 e. The maximum Gasteiger partial charge on any atom is 0.203 e. The maximum atomic E-state index is 5.95. The lowest BCUT2D eigenvalue weighted by atomic mass is 10.1. The van der Waals surface area contributed by atoms with Gasteiger partial charge in [0.1, 0.15) is 6.61 Å². The largest absolute Gasteiger partial charge is 0.493 e. The zero-order valence-electron chi connectivity index (χ0n) is 18.1. The molecule has 4 rings (SSSR count). The minimum atomic E-state index is 0.504. The van der Waals surface area contributed by atoms with Gasteiger partial charge in [0.25, 0.3) is 0 Å². The van der Waals surface area contributed by atoms with Gasteiger partial charge in [-0.05, 0) is 35.7 Å². The summed E-state index contributed by atoms with van der Waals surface area (Å²) in [4.78, 5) is 4.55. The molecule has 5 heteroatoms. The fraction of sp³-hybridized carbons (Fsp3) is 0.192. The van der Waals surface area contributed by atoms with Crippen LogP contribution in [-0.2, 0) is 20.2 Å². The molecule has 1 aromatic heterocycles. The van der Waals surface area contributed by atoms with Gasteiger partial charge >= 0.3 is 0 Å². The number of nitrogens with one attached hydrogen (secondary N) is 1. The predicted molar refractivity (Wildman–Crippen MR) is 124 cm³/mol. The van der Waals surface area contributed by atoms with Crippen molar-refractivity contribution in [2.75, 3.05) is 12.4 Å². The molecule has 0 fully saturated rings. The maximum absolute atomic E-state index is 5.95. The van der Waals surface area contributed by atoms with Gasteiger partial charge in [-0.15, -0.1) is 0 Å². The third-order valence-corrected chi connectivity index (χ3v) is 5.25. The molecule has 0 amide bonds. The number of hydrogen-bond donors (Lipinski definition) is 1. The van der Waals surface area contributed by atoms with Crippen molar-refractivity contribution < 1.29 is 9.47 Å². The summed E-state index contributed by atoms with van der Waals surface area (Å²) in [6.45, 7) is 3.23. The summed E-state index contributed by atoms with van der Waals surface area (Å²) < 4.78 is 13.6. The SMILES string of the molecule is COc1cc(CNc2ncc(-c3ccc(C)cc3)n2C)ccc1OCc1ccccc1. The molecular formula is C26H27N3O2. The lowest BCUT2D eigenvalue weighted by molar-refractivity contribution is 0.284. The van der Waals surface area contributed by atoms with Crippen molar-refractivity contribution >= 4 is 5.95 Å². The van der Waals surface area contributed by atoms with Gasteiger partial charge in [-0.1, -0.05) is 66.2 Å². The Bertz CT molecular complexity index is 1140. The monoisotopic (exact) mass is 413 g/mol. The molecular weight excluding hydrogens is 386 g/mol. The van der Waals surface area contributed by atoms with Crippen molar-refractivity contribution in [1.82, 2.24) is 9.55 Å². The summed E-state index contributed by atoms with van der Waals surface area (Å²) in [5.74, 6) is 2.27. The van der Waals surface area contributed by atoms with Crippen LogP contribution in [-0.4, -0.2) is 16.7 Å². The Morgan fingerprint density at radius 2 is 1.68 bits per heavy atom. The quantitative estimate of drug-likeness (QED) is 0.409. The summed E-state index contributed by atoms with van der Waals surface area (Å²) in [5.41, 5.74) is 5.67. The van der Waals surface area contributed by atoms with E-state index in [4.69, 9.17) is 9.47 Å². The van der Waals surface area contributed by atoms with Gasteiger partial charge in [-0.3, -0.25) is 0 Å². The summed E-state index contributed by atoms with van der Waals surface area (Å²) in [6.07, 6.45) is 1.90. The highest BCUT2D eigenvalue weighted by Gasteiger charge is 2.10. The molecule has 0 spiro atoms. The van der Waals surface area contributed by atoms with Crippen molar-refractivity contribution in [2.45, 2.75) is 20.1 Å². The van der Waals surface area contributed by atoms with Gasteiger partial charge in [-0.25, -0.2) is 4.98 Å². The summed E-state index contributed by atoms with van der Waals surface area (Å²) in [5, 5.41) is 3.41. The van der Waals surface area contributed by atoms with Crippen LogP contribution in [0.15, 0.2) is 79.0 Å². The molecule has 0 aliphatic carbocycles. The average Bonchev–Trinajstić information content (AvgIpc) is 3.18. The molecule has 0 aliphatic rings. The normalized spacial score (nSPS) is 10.7. The number of benzene rings is 3. The number of hydrogen-bond acceptors (Lipinski definition) is 4. The van der Waals surface area contributed by atoms with Crippen LogP contribution in [0.25, 0.3) is 11.3 Å². The van der Waals surface area contributed by atoms with E-state index in [-0.39, 0.29) is 0 Å². The third-order valence-electron chi connectivity index (χ3n) is 5.25. The summed E-state index contributed by atoms with van der Waals surface area (Å²) in [6, 6.07) is 24.6. The van der Waals surface area contributed by atoms with Crippen LogP contribution < -0.4 is 14.8 Å². The zero-order valence-corrected chi connectivity index (χ0v) is 18.1. The zero-order chi connectivity index (χ0) is 21.6. The molecule has 5 nitrogen and oxygen atoms in total. The van der Waals surface area contributed by atoms with Gasteiger partial charge < -0.3 is 19.4 Å². The van der Waals surface area contributed by atoms with E-state index < -0.39 is 0 Å². The molecule has 31 heavy (non-hydrogen) atoms. The summed E-state index contributed by atoms with van der Waals surface area (Å²) in [7, 11) is 3.68. The van der Waals surface area contributed by atoms with Gasteiger partial charge in [0, 0.05) is 13.6 Å². The van der Waals surface area contributed by atoms with E-state index in [0.717, 1.165) is 39.8 Å². The number of aromatic nitrogens is 2. The Morgan fingerprint density at radius 1 is 0.903 bits per heavy atom. The smallest absolute Gasteiger partial charge is 0.203 e. The first kappa shape index (κ1) is 20.5. The van der Waals surface area contributed by atoms with Crippen LogP contribution in [0.3, 0.4) is 0 Å². The van der Waals surface area contributed by atoms with Crippen LogP contribution in [0.1, 0.15) is 16.7 Å². The van der Waals surface area contributed by atoms with E-state index >= 15 is 0 Å². The van der Waals surface area contributed by atoms with Crippen LogP contribution in [0.5, 0.6) is 11.5 Å². The van der Waals surface area contributed by atoms with E-state index in [1.54, 1.807) is 7.11 Å².